The second-order valence-corrected chi connectivity index (χ2v) is 2.85. The standard InChI is InChI=1S/C8H16N2/c1-10-7-3-5-8(10)4-2-6-9/h2,4,8H,3,5-7,9H2,1H3/b4-2-. The van der Waals surface area contributed by atoms with Crippen LogP contribution in [-0.4, -0.2) is 31.1 Å². The number of rotatable bonds is 2. The van der Waals surface area contributed by atoms with Gasteiger partial charge in [0.1, 0.15) is 0 Å². The summed E-state index contributed by atoms with van der Waals surface area (Å²) < 4.78 is 0. The van der Waals surface area contributed by atoms with Gasteiger partial charge in [0, 0.05) is 12.6 Å². The zero-order chi connectivity index (χ0) is 7.40. The molecule has 0 amide bonds. The number of nitrogens with zero attached hydrogens (tertiary/aromatic N) is 1. The highest BCUT2D eigenvalue weighted by molar-refractivity contribution is 4.96. The van der Waals surface area contributed by atoms with Crippen molar-refractivity contribution in [2.75, 3.05) is 20.1 Å². The molecule has 0 aromatic carbocycles. The molecule has 2 nitrogen and oxygen atoms in total. The largest absolute Gasteiger partial charge is 0.327 e. The molecule has 1 fully saturated rings. The van der Waals surface area contributed by atoms with Crippen molar-refractivity contribution in [1.82, 2.24) is 4.90 Å². The maximum absolute atomic E-state index is 5.35. The van der Waals surface area contributed by atoms with Gasteiger partial charge >= 0.3 is 0 Å². The van der Waals surface area contributed by atoms with Crippen LogP contribution in [0.4, 0.5) is 0 Å². The zero-order valence-electron chi connectivity index (χ0n) is 6.59. The zero-order valence-corrected chi connectivity index (χ0v) is 6.59. The fraction of sp³-hybridized carbons (Fsp3) is 0.750. The summed E-state index contributed by atoms with van der Waals surface area (Å²) in [5.41, 5.74) is 5.35. The van der Waals surface area contributed by atoms with E-state index in [0.29, 0.717) is 12.6 Å². The lowest BCUT2D eigenvalue weighted by atomic mass is 10.2. The van der Waals surface area contributed by atoms with Crippen LogP contribution in [0.2, 0.25) is 0 Å². The molecule has 1 heterocycles. The van der Waals surface area contributed by atoms with Gasteiger partial charge in [0.2, 0.25) is 0 Å². The number of hydrogen-bond acceptors (Lipinski definition) is 2. The summed E-state index contributed by atoms with van der Waals surface area (Å²) in [6, 6.07) is 0.656. The molecule has 2 heteroatoms. The Labute approximate surface area is 62.7 Å². The quantitative estimate of drug-likeness (QED) is 0.569. The molecule has 1 saturated heterocycles. The molecular weight excluding hydrogens is 124 g/mol. The highest BCUT2D eigenvalue weighted by atomic mass is 15.1. The van der Waals surface area contributed by atoms with Gasteiger partial charge in [0.25, 0.3) is 0 Å². The van der Waals surface area contributed by atoms with Crippen LogP contribution in [0.25, 0.3) is 0 Å². The van der Waals surface area contributed by atoms with Crippen LogP contribution in [0.1, 0.15) is 12.8 Å². The Hall–Kier alpha value is -0.340. The molecule has 0 bridgehead atoms. The smallest absolute Gasteiger partial charge is 0.0276 e. The van der Waals surface area contributed by atoms with Crippen LogP contribution in [-0.2, 0) is 0 Å². The molecule has 58 valence electrons. The maximum atomic E-state index is 5.35. The van der Waals surface area contributed by atoms with E-state index < -0.39 is 0 Å². The third-order valence-corrected chi connectivity index (χ3v) is 2.07. The number of likely N-dealkylation sites (tertiary alicyclic amines) is 1. The maximum Gasteiger partial charge on any atom is 0.0276 e. The van der Waals surface area contributed by atoms with Gasteiger partial charge in [-0.05, 0) is 26.4 Å². The second kappa shape index (κ2) is 3.74. The van der Waals surface area contributed by atoms with Crippen molar-refractivity contribution < 1.29 is 0 Å². The Morgan fingerprint density at radius 2 is 2.50 bits per heavy atom. The summed E-state index contributed by atoms with van der Waals surface area (Å²) in [4.78, 5) is 2.37. The van der Waals surface area contributed by atoms with E-state index in [0.717, 1.165) is 0 Å². The predicted octanol–water partition coefficient (Wildman–Crippen LogP) is 0.596. The molecule has 0 radical (unpaired) electrons. The van der Waals surface area contributed by atoms with Crippen LogP contribution < -0.4 is 5.73 Å². The van der Waals surface area contributed by atoms with E-state index in [9.17, 15) is 0 Å². The number of hydrogen-bond donors (Lipinski definition) is 1. The van der Waals surface area contributed by atoms with E-state index in [1.165, 1.54) is 19.4 Å². The van der Waals surface area contributed by atoms with E-state index in [2.05, 4.69) is 18.0 Å². The van der Waals surface area contributed by atoms with Gasteiger partial charge < -0.3 is 5.73 Å². The Morgan fingerprint density at radius 3 is 3.00 bits per heavy atom. The molecule has 1 atom stereocenters. The van der Waals surface area contributed by atoms with Crippen molar-refractivity contribution >= 4 is 0 Å². The Morgan fingerprint density at radius 1 is 1.70 bits per heavy atom. The molecular formula is C8H16N2. The van der Waals surface area contributed by atoms with E-state index in [4.69, 9.17) is 5.73 Å². The summed E-state index contributed by atoms with van der Waals surface area (Å²) in [7, 11) is 2.17. The first-order valence-corrected chi connectivity index (χ1v) is 3.91. The van der Waals surface area contributed by atoms with Gasteiger partial charge in [-0.2, -0.15) is 0 Å². The monoisotopic (exact) mass is 140 g/mol. The predicted molar refractivity (Wildman–Crippen MR) is 43.8 cm³/mol. The number of nitrogens with two attached hydrogens (primary N) is 1. The first-order chi connectivity index (χ1) is 4.84. The molecule has 0 aromatic heterocycles. The van der Waals surface area contributed by atoms with Crippen molar-refractivity contribution in [2.24, 2.45) is 5.73 Å². The summed E-state index contributed by atoms with van der Waals surface area (Å²) >= 11 is 0. The molecule has 0 saturated carbocycles. The number of likely N-dealkylation sites (N-methyl/N-ethyl adjacent to an activating group) is 1. The third kappa shape index (κ3) is 1.82. The van der Waals surface area contributed by atoms with Gasteiger partial charge in [0.05, 0.1) is 0 Å². The lowest BCUT2D eigenvalue weighted by molar-refractivity contribution is 0.357. The fourth-order valence-corrected chi connectivity index (χ4v) is 1.41. The SMILES string of the molecule is CN1CCCC1/C=C\CN. The molecule has 10 heavy (non-hydrogen) atoms. The van der Waals surface area contributed by atoms with E-state index in [-0.39, 0.29) is 0 Å². The Kier molecular flexibility index (Phi) is 2.90. The molecule has 2 N–H and O–H groups in total. The van der Waals surface area contributed by atoms with Crippen LogP contribution in [0.3, 0.4) is 0 Å². The van der Waals surface area contributed by atoms with E-state index >= 15 is 0 Å². The summed E-state index contributed by atoms with van der Waals surface area (Å²) in [6.45, 7) is 1.91. The fourth-order valence-electron chi connectivity index (χ4n) is 1.41. The van der Waals surface area contributed by atoms with Crippen molar-refractivity contribution in [3.05, 3.63) is 12.2 Å². The van der Waals surface area contributed by atoms with Crippen LogP contribution in [0, 0.1) is 0 Å². The molecule has 0 aromatic rings. The minimum atomic E-state index is 0.656. The summed E-state index contributed by atoms with van der Waals surface area (Å²) in [5, 5.41) is 0. The van der Waals surface area contributed by atoms with E-state index in [1.54, 1.807) is 0 Å². The van der Waals surface area contributed by atoms with Crippen molar-refractivity contribution in [1.29, 1.82) is 0 Å². The molecule has 0 spiro atoms. The van der Waals surface area contributed by atoms with Gasteiger partial charge in [-0.3, -0.25) is 4.90 Å². The Bertz CT molecular complexity index is 120. The van der Waals surface area contributed by atoms with Crippen molar-refractivity contribution in [3.63, 3.8) is 0 Å². The lowest BCUT2D eigenvalue weighted by Crippen LogP contribution is -2.22. The highest BCUT2D eigenvalue weighted by Gasteiger charge is 2.16. The topological polar surface area (TPSA) is 29.3 Å². The third-order valence-electron chi connectivity index (χ3n) is 2.07. The van der Waals surface area contributed by atoms with E-state index in [1.807, 2.05) is 6.08 Å². The van der Waals surface area contributed by atoms with Gasteiger partial charge in [0.15, 0.2) is 0 Å². The van der Waals surface area contributed by atoms with Gasteiger partial charge in [-0.25, -0.2) is 0 Å². The van der Waals surface area contributed by atoms with Gasteiger partial charge in [-0.1, -0.05) is 12.2 Å². The Balaban J connectivity index is 2.33. The first kappa shape index (κ1) is 7.76. The molecule has 1 rings (SSSR count). The highest BCUT2D eigenvalue weighted by Crippen LogP contribution is 2.14. The normalized spacial score (nSPS) is 28.4. The van der Waals surface area contributed by atoms with Crippen molar-refractivity contribution in [3.8, 4) is 0 Å². The van der Waals surface area contributed by atoms with Crippen molar-refractivity contribution in [2.45, 2.75) is 18.9 Å². The average molecular weight is 140 g/mol. The van der Waals surface area contributed by atoms with Crippen LogP contribution in [0.5, 0.6) is 0 Å². The molecule has 1 unspecified atom stereocenters. The first-order valence-electron chi connectivity index (χ1n) is 3.91. The van der Waals surface area contributed by atoms with Crippen LogP contribution >= 0.6 is 0 Å². The molecule has 1 aliphatic heterocycles. The average Bonchev–Trinajstić information content (AvgIpc) is 2.31. The molecule has 0 aliphatic carbocycles. The van der Waals surface area contributed by atoms with Gasteiger partial charge in [-0.15, -0.1) is 0 Å². The minimum Gasteiger partial charge on any atom is -0.327 e. The molecule has 1 aliphatic rings. The minimum absolute atomic E-state index is 0.656. The summed E-state index contributed by atoms with van der Waals surface area (Å²) in [6.07, 6.45) is 6.89. The van der Waals surface area contributed by atoms with Crippen LogP contribution in [0.15, 0.2) is 12.2 Å². The second-order valence-electron chi connectivity index (χ2n) is 2.85. The summed E-state index contributed by atoms with van der Waals surface area (Å²) in [5.74, 6) is 0. The lowest BCUT2D eigenvalue weighted by Gasteiger charge is -2.14.